The second kappa shape index (κ2) is 11.0. The van der Waals surface area contributed by atoms with E-state index in [1.807, 2.05) is 0 Å². The molecule has 3 rings (SSSR count). The summed E-state index contributed by atoms with van der Waals surface area (Å²) in [5, 5.41) is 0. The lowest BCUT2D eigenvalue weighted by atomic mass is 10.1. The number of hydrogen-bond acceptors (Lipinski definition) is 6. The van der Waals surface area contributed by atoms with Gasteiger partial charge in [0.2, 0.25) is 5.75 Å². The minimum atomic E-state index is -4.63. The van der Waals surface area contributed by atoms with Gasteiger partial charge in [0.25, 0.3) is 10.0 Å². The Morgan fingerprint density at radius 2 is 1.35 bits per heavy atom. The Morgan fingerprint density at radius 1 is 0.784 bits per heavy atom. The van der Waals surface area contributed by atoms with Gasteiger partial charge in [-0.3, -0.25) is 4.72 Å². The van der Waals surface area contributed by atoms with E-state index in [9.17, 15) is 26.0 Å². The Hall–Kier alpha value is -3.93. The van der Waals surface area contributed by atoms with Gasteiger partial charge in [-0.2, -0.15) is 13.2 Å². The van der Waals surface area contributed by atoms with Gasteiger partial charge in [-0.05, 0) is 54.1 Å². The Balaban J connectivity index is 2.04. The quantitative estimate of drug-likeness (QED) is 0.270. The van der Waals surface area contributed by atoms with Crippen LogP contribution in [0.5, 0.6) is 23.0 Å². The van der Waals surface area contributed by atoms with Crippen molar-refractivity contribution in [2.24, 2.45) is 0 Å². The molecule has 0 unspecified atom stereocenters. The molecular formula is C25H23F4NO6S. The third-order valence-corrected chi connectivity index (χ3v) is 6.58. The van der Waals surface area contributed by atoms with Crippen LogP contribution in [0.4, 0.5) is 23.2 Å². The molecule has 7 nitrogen and oxygen atoms in total. The smallest absolute Gasteiger partial charge is 0.416 e. The normalized spacial score (nSPS) is 11.9. The first-order chi connectivity index (χ1) is 17.4. The molecule has 0 amide bonds. The minimum absolute atomic E-state index is 0.211. The molecule has 0 aliphatic carbocycles. The van der Waals surface area contributed by atoms with Gasteiger partial charge < -0.3 is 18.9 Å². The molecule has 0 radical (unpaired) electrons. The van der Waals surface area contributed by atoms with E-state index in [0.29, 0.717) is 34.9 Å². The molecule has 0 bridgehead atoms. The fourth-order valence-electron chi connectivity index (χ4n) is 3.42. The fourth-order valence-corrected chi connectivity index (χ4v) is 4.51. The molecule has 0 aliphatic rings. The van der Waals surface area contributed by atoms with Gasteiger partial charge in [0.15, 0.2) is 23.1 Å². The molecule has 12 heteroatoms. The van der Waals surface area contributed by atoms with Crippen molar-refractivity contribution in [1.29, 1.82) is 0 Å². The van der Waals surface area contributed by atoms with Crippen molar-refractivity contribution in [3.05, 3.63) is 71.0 Å². The van der Waals surface area contributed by atoms with E-state index >= 15 is 0 Å². The average molecular weight is 542 g/mol. The summed E-state index contributed by atoms with van der Waals surface area (Å²) < 4.78 is 102. The van der Waals surface area contributed by atoms with Crippen LogP contribution in [0.3, 0.4) is 0 Å². The van der Waals surface area contributed by atoms with Crippen LogP contribution in [0.1, 0.15) is 16.7 Å². The van der Waals surface area contributed by atoms with Crippen molar-refractivity contribution >= 4 is 27.9 Å². The van der Waals surface area contributed by atoms with Crippen molar-refractivity contribution in [3.63, 3.8) is 0 Å². The summed E-state index contributed by atoms with van der Waals surface area (Å²) in [4.78, 5) is -0.452. The Kier molecular flexibility index (Phi) is 8.22. The van der Waals surface area contributed by atoms with Crippen molar-refractivity contribution in [2.75, 3.05) is 33.2 Å². The van der Waals surface area contributed by atoms with Gasteiger partial charge in [0.1, 0.15) is 5.69 Å². The lowest BCUT2D eigenvalue weighted by Gasteiger charge is -2.16. The van der Waals surface area contributed by atoms with Gasteiger partial charge in [-0.15, -0.1) is 0 Å². The Morgan fingerprint density at radius 3 is 1.84 bits per heavy atom. The van der Waals surface area contributed by atoms with E-state index in [2.05, 4.69) is 4.72 Å². The number of anilines is 1. The maximum absolute atomic E-state index is 14.5. The predicted octanol–water partition coefficient (Wildman–Crippen LogP) is 5.85. The number of halogens is 4. The molecule has 0 spiro atoms. The van der Waals surface area contributed by atoms with Crippen molar-refractivity contribution < 1.29 is 44.9 Å². The van der Waals surface area contributed by atoms with Crippen LogP contribution in [0.2, 0.25) is 0 Å². The van der Waals surface area contributed by atoms with Gasteiger partial charge >= 0.3 is 6.18 Å². The number of hydrogen-bond donors (Lipinski definition) is 1. The topological polar surface area (TPSA) is 83.1 Å². The summed E-state index contributed by atoms with van der Waals surface area (Å²) in [5.74, 6) is -0.126. The highest BCUT2D eigenvalue weighted by atomic mass is 32.2. The molecule has 1 N–H and O–H groups in total. The lowest BCUT2D eigenvalue weighted by Crippen LogP contribution is -2.15. The van der Waals surface area contributed by atoms with Gasteiger partial charge in [-0.25, -0.2) is 12.8 Å². The highest BCUT2D eigenvalue weighted by Gasteiger charge is 2.31. The fraction of sp³-hybridized carbons (Fsp3) is 0.200. The molecule has 0 aromatic heterocycles. The van der Waals surface area contributed by atoms with E-state index in [0.717, 1.165) is 25.3 Å². The van der Waals surface area contributed by atoms with E-state index in [1.165, 1.54) is 33.5 Å². The van der Waals surface area contributed by atoms with Crippen LogP contribution >= 0.6 is 0 Å². The molecule has 0 heterocycles. The van der Waals surface area contributed by atoms with E-state index in [-0.39, 0.29) is 11.3 Å². The largest absolute Gasteiger partial charge is 0.493 e. The number of benzene rings is 3. The van der Waals surface area contributed by atoms with Crippen LogP contribution < -0.4 is 23.7 Å². The first kappa shape index (κ1) is 27.7. The number of methoxy groups -OCH3 is 4. The third-order valence-electron chi connectivity index (χ3n) is 5.22. The first-order valence-electron chi connectivity index (χ1n) is 10.5. The highest BCUT2D eigenvalue weighted by Crippen LogP contribution is 2.39. The van der Waals surface area contributed by atoms with Crippen LogP contribution in [0, 0.1) is 5.82 Å². The molecule has 198 valence electrons. The zero-order valence-electron chi connectivity index (χ0n) is 20.1. The number of rotatable bonds is 9. The van der Waals surface area contributed by atoms with Crippen LogP contribution in [0.25, 0.3) is 12.2 Å². The maximum atomic E-state index is 14.5. The summed E-state index contributed by atoms with van der Waals surface area (Å²) in [7, 11) is 1.09. The monoisotopic (exact) mass is 541 g/mol. The summed E-state index contributed by atoms with van der Waals surface area (Å²) in [6.07, 6.45) is -1.55. The SMILES string of the molecule is COc1cc(/C=C\c2ccc(F)c(OC)c2NS(=O)(=O)c2ccc(C(F)(F)F)cc2)cc(OC)c1OC. The minimum Gasteiger partial charge on any atom is -0.493 e. The maximum Gasteiger partial charge on any atom is 0.416 e. The van der Waals surface area contributed by atoms with E-state index < -0.39 is 38.2 Å². The standard InChI is InChI=1S/C25H23F4NO6S/c1-33-20-13-15(14-21(34-2)24(20)36-4)5-6-16-7-12-19(26)23(35-3)22(16)30-37(31,32)18-10-8-17(9-11-18)25(27,28)29/h5-14,30H,1-4H3/b6-5-. The molecule has 3 aromatic carbocycles. The third kappa shape index (κ3) is 6.08. The van der Waals surface area contributed by atoms with Crippen molar-refractivity contribution in [3.8, 4) is 23.0 Å². The van der Waals surface area contributed by atoms with Crippen LogP contribution in [-0.4, -0.2) is 36.9 Å². The second-order valence-electron chi connectivity index (χ2n) is 7.46. The average Bonchev–Trinajstić information content (AvgIpc) is 2.87. The zero-order chi connectivity index (χ0) is 27.4. The first-order valence-corrected chi connectivity index (χ1v) is 12.0. The molecule has 37 heavy (non-hydrogen) atoms. The summed E-state index contributed by atoms with van der Waals surface area (Å²) in [5.41, 5.74) is -0.466. The van der Waals surface area contributed by atoms with Gasteiger partial charge in [0.05, 0.1) is 38.9 Å². The zero-order valence-corrected chi connectivity index (χ0v) is 21.0. The summed E-state index contributed by atoms with van der Waals surface area (Å²) in [6.45, 7) is 0. The van der Waals surface area contributed by atoms with Crippen molar-refractivity contribution in [2.45, 2.75) is 11.1 Å². The molecule has 0 saturated heterocycles. The summed E-state index contributed by atoms with van der Waals surface area (Å²) >= 11 is 0. The van der Waals surface area contributed by atoms with Gasteiger partial charge in [0, 0.05) is 5.56 Å². The molecule has 0 fully saturated rings. The van der Waals surface area contributed by atoms with E-state index in [4.69, 9.17) is 18.9 Å². The van der Waals surface area contributed by atoms with E-state index in [1.54, 1.807) is 18.2 Å². The Bertz CT molecular complexity index is 1380. The van der Waals surface area contributed by atoms with Gasteiger partial charge in [-0.1, -0.05) is 12.2 Å². The number of sulfonamides is 1. The lowest BCUT2D eigenvalue weighted by molar-refractivity contribution is -0.137. The summed E-state index contributed by atoms with van der Waals surface area (Å²) in [6, 6.07) is 8.59. The molecule has 0 saturated carbocycles. The number of alkyl halides is 3. The Labute approximate surface area is 211 Å². The number of ether oxygens (including phenoxy) is 4. The molecular weight excluding hydrogens is 518 g/mol. The second-order valence-corrected chi connectivity index (χ2v) is 9.15. The highest BCUT2D eigenvalue weighted by molar-refractivity contribution is 7.92. The molecule has 0 aliphatic heterocycles. The predicted molar refractivity (Wildman–Crippen MR) is 130 cm³/mol. The molecule has 0 atom stereocenters. The van der Waals surface area contributed by atoms with Crippen LogP contribution in [0.15, 0.2) is 53.4 Å². The number of nitrogens with one attached hydrogen (secondary N) is 1. The molecule has 3 aromatic rings. The van der Waals surface area contributed by atoms with Crippen molar-refractivity contribution in [1.82, 2.24) is 0 Å². The van der Waals surface area contributed by atoms with Crippen LogP contribution in [-0.2, 0) is 16.2 Å².